The molecule has 0 unspecified atom stereocenters. The summed E-state index contributed by atoms with van der Waals surface area (Å²) in [7, 11) is 0. The number of hydrogen-bond acceptors (Lipinski definition) is 2. The fraction of sp³-hybridized carbons (Fsp3) is 0.211. The Labute approximate surface area is 125 Å². The van der Waals surface area contributed by atoms with Gasteiger partial charge in [-0.25, -0.2) is 0 Å². The minimum Gasteiger partial charge on any atom is -0.489 e. The van der Waals surface area contributed by atoms with E-state index < -0.39 is 0 Å². The molecule has 3 aromatic rings. The molecule has 0 bridgehead atoms. The number of fused-ring (bicyclic) bond motifs is 1. The summed E-state index contributed by atoms with van der Waals surface area (Å²) in [6.45, 7) is 6.76. The van der Waals surface area contributed by atoms with E-state index in [0.717, 1.165) is 22.3 Å². The van der Waals surface area contributed by atoms with Crippen molar-refractivity contribution in [3.05, 3.63) is 70.9 Å². The molecule has 2 aromatic carbocycles. The Kier molecular flexibility index (Phi) is 3.61. The largest absolute Gasteiger partial charge is 0.489 e. The first-order valence-electron chi connectivity index (χ1n) is 7.18. The van der Waals surface area contributed by atoms with Crippen LogP contribution in [0.4, 0.5) is 0 Å². The van der Waals surface area contributed by atoms with Gasteiger partial charge in [0.15, 0.2) is 0 Å². The molecule has 21 heavy (non-hydrogen) atoms. The van der Waals surface area contributed by atoms with Crippen LogP contribution in [0.1, 0.15) is 22.4 Å². The lowest BCUT2D eigenvalue weighted by Crippen LogP contribution is -1.99. The zero-order valence-electron chi connectivity index (χ0n) is 12.7. The van der Waals surface area contributed by atoms with Crippen molar-refractivity contribution in [3.8, 4) is 5.75 Å². The number of nitrogens with zero attached hydrogens (tertiary/aromatic N) is 1. The van der Waals surface area contributed by atoms with Gasteiger partial charge in [-0.3, -0.25) is 4.98 Å². The summed E-state index contributed by atoms with van der Waals surface area (Å²) < 4.78 is 5.99. The molecular formula is C19H19NO. The number of para-hydroxylation sites is 1. The van der Waals surface area contributed by atoms with Gasteiger partial charge in [0.05, 0.1) is 5.52 Å². The van der Waals surface area contributed by atoms with Gasteiger partial charge in [-0.2, -0.15) is 0 Å². The van der Waals surface area contributed by atoms with Crippen molar-refractivity contribution in [1.29, 1.82) is 0 Å². The van der Waals surface area contributed by atoms with Crippen LogP contribution in [0, 0.1) is 20.8 Å². The second kappa shape index (κ2) is 5.57. The number of rotatable bonds is 3. The van der Waals surface area contributed by atoms with E-state index in [-0.39, 0.29) is 0 Å². The van der Waals surface area contributed by atoms with Gasteiger partial charge in [-0.1, -0.05) is 24.3 Å². The van der Waals surface area contributed by atoms with Gasteiger partial charge in [0.2, 0.25) is 0 Å². The van der Waals surface area contributed by atoms with Gasteiger partial charge in [0.1, 0.15) is 12.4 Å². The average molecular weight is 277 g/mol. The molecule has 106 valence electrons. The molecule has 2 heteroatoms. The van der Waals surface area contributed by atoms with Gasteiger partial charge in [0.25, 0.3) is 0 Å². The van der Waals surface area contributed by atoms with E-state index in [1.54, 1.807) is 0 Å². The second-order valence-electron chi connectivity index (χ2n) is 5.55. The van der Waals surface area contributed by atoms with Crippen molar-refractivity contribution in [2.75, 3.05) is 0 Å². The smallest absolute Gasteiger partial charge is 0.120 e. The topological polar surface area (TPSA) is 22.1 Å². The Bertz CT molecular complexity index is 772. The zero-order chi connectivity index (χ0) is 14.8. The number of benzene rings is 2. The van der Waals surface area contributed by atoms with Crippen LogP contribution in [-0.2, 0) is 6.61 Å². The molecule has 0 saturated heterocycles. The Morgan fingerprint density at radius 3 is 2.38 bits per heavy atom. The third-order valence-corrected chi connectivity index (χ3v) is 3.52. The number of aryl methyl sites for hydroxylation is 3. The summed E-state index contributed by atoms with van der Waals surface area (Å²) in [4.78, 5) is 4.56. The molecule has 0 fully saturated rings. The third-order valence-electron chi connectivity index (χ3n) is 3.52. The SMILES string of the molecule is Cc1cc(C)cc(OCc2cc(C)nc3ccccc23)c1. The van der Waals surface area contributed by atoms with Crippen LogP contribution in [0.3, 0.4) is 0 Å². The highest BCUT2D eigenvalue weighted by Gasteiger charge is 2.05. The fourth-order valence-corrected chi connectivity index (χ4v) is 2.69. The van der Waals surface area contributed by atoms with Crippen molar-refractivity contribution in [2.45, 2.75) is 27.4 Å². The van der Waals surface area contributed by atoms with Crippen LogP contribution in [0.15, 0.2) is 48.5 Å². The molecule has 0 aliphatic rings. The van der Waals surface area contributed by atoms with Crippen molar-refractivity contribution in [1.82, 2.24) is 4.98 Å². The lowest BCUT2D eigenvalue weighted by Gasteiger charge is -2.11. The highest BCUT2D eigenvalue weighted by Crippen LogP contribution is 2.22. The second-order valence-corrected chi connectivity index (χ2v) is 5.55. The molecule has 0 spiro atoms. The molecule has 2 nitrogen and oxygen atoms in total. The van der Waals surface area contributed by atoms with E-state index in [0.29, 0.717) is 6.61 Å². The lowest BCUT2D eigenvalue weighted by molar-refractivity contribution is 0.307. The molecule has 0 radical (unpaired) electrons. The maximum Gasteiger partial charge on any atom is 0.120 e. The Morgan fingerprint density at radius 2 is 1.62 bits per heavy atom. The Morgan fingerprint density at radius 1 is 0.905 bits per heavy atom. The van der Waals surface area contributed by atoms with Crippen molar-refractivity contribution < 1.29 is 4.74 Å². The summed E-state index contributed by atoms with van der Waals surface area (Å²) in [6.07, 6.45) is 0. The molecule has 0 atom stereocenters. The first kappa shape index (κ1) is 13.6. The summed E-state index contributed by atoms with van der Waals surface area (Å²) >= 11 is 0. The van der Waals surface area contributed by atoms with Gasteiger partial charge in [0, 0.05) is 16.6 Å². The zero-order valence-corrected chi connectivity index (χ0v) is 12.7. The molecule has 0 N–H and O–H groups in total. The summed E-state index contributed by atoms with van der Waals surface area (Å²) in [5.74, 6) is 0.922. The molecule has 3 rings (SSSR count). The summed E-state index contributed by atoms with van der Waals surface area (Å²) in [5.41, 5.74) is 5.67. The van der Waals surface area contributed by atoms with E-state index in [1.165, 1.54) is 16.7 Å². The molecule has 1 aromatic heterocycles. The van der Waals surface area contributed by atoms with Crippen LogP contribution in [0.2, 0.25) is 0 Å². The minimum absolute atomic E-state index is 0.562. The normalized spacial score (nSPS) is 10.8. The fourth-order valence-electron chi connectivity index (χ4n) is 2.69. The van der Waals surface area contributed by atoms with Crippen molar-refractivity contribution in [2.24, 2.45) is 0 Å². The van der Waals surface area contributed by atoms with Crippen LogP contribution < -0.4 is 4.74 Å². The van der Waals surface area contributed by atoms with E-state index in [1.807, 2.05) is 25.1 Å². The first-order chi connectivity index (χ1) is 10.1. The van der Waals surface area contributed by atoms with Gasteiger partial charge in [-0.15, -0.1) is 0 Å². The third kappa shape index (κ3) is 3.05. The van der Waals surface area contributed by atoms with E-state index >= 15 is 0 Å². The van der Waals surface area contributed by atoms with Crippen molar-refractivity contribution >= 4 is 10.9 Å². The minimum atomic E-state index is 0.562. The first-order valence-corrected chi connectivity index (χ1v) is 7.18. The van der Waals surface area contributed by atoms with Crippen molar-refractivity contribution in [3.63, 3.8) is 0 Å². The van der Waals surface area contributed by atoms with E-state index in [9.17, 15) is 0 Å². The molecule has 0 aliphatic heterocycles. The number of aromatic nitrogens is 1. The number of pyridine rings is 1. The summed E-state index contributed by atoms with van der Waals surface area (Å²) in [6, 6.07) is 16.6. The standard InChI is InChI=1S/C19H19NO/c1-13-8-14(2)10-17(9-13)21-12-16-11-15(3)20-19-7-5-4-6-18(16)19/h4-11H,12H2,1-3H3. The van der Waals surface area contributed by atoms with Gasteiger partial charge >= 0.3 is 0 Å². The monoisotopic (exact) mass is 277 g/mol. The molecule has 0 saturated carbocycles. The van der Waals surface area contributed by atoms with Crippen LogP contribution >= 0.6 is 0 Å². The predicted octanol–water partition coefficient (Wildman–Crippen LogP) is 4.74. The highest BCUT2D eigenvalue weighted by molar-refractivity contribution is 5.82. The van der Waals surface area contributed by atoms with E-state index in [2.05, 4.69) is 49.2 Å². The van der Waals surface area contributed by atoms with Crippen LogP contribution in [-0.4, -0.2) is 4.98 Å². The van der Waals surface area contributed by atoms with Crippen LogP contribution in [0.25, 0.3) is 10.9 Å². The maximum atomic E-state index is 5.99. The van der Waals surface area contributed by atoms with E-state index in [4.69, 9.17) is 4.74 Å². The van der Waals surface area contributed by atoms with Crippen LogP contribution in [0.5, 0.6) is 5.75 Å². The quantitative estimate of drug-likeness (QED) is 0.690. The number of hydrogen-bond donors (Lipinski definition) is 0. The molecule has 0 amide bonds. The van der Waals surface area contributed by atoms with Gasteiger partial charge < -0.3 is 4.74 Å². The average Bonchev–Trinajstić information content (AvgIpc) is 2.43. The highest BCUT2D eigenvalue weighted by atomic mass is 16.5. The lowest BCUT2D eigenvalue weighted by atomic mass is 10.1. The number of ether oxygens (including phenoxy) is 1. The summed E-state index contributed by atoms with van der Waals surface area (Å²) in [5, 5.41) is 1.16. The maximum absolute atomic E-state index is 5.99. The molecule has 0 aliphatic carbocycles. The predicted molar refractivity (Wildman–Crippen MR) is 86.7 cm³/mol. The molecular weight excluding hydrogens is 258 g/mol. The Hall–Kier alpha value is -2.35. The van der Waals surface area contributed by atoms with Gasteiger partial charge in [-0.05, 0) is 56.2 Å². The Balaban J connectivity index is 1.91. The molecule has 1 heterocycles.